The summed E-state index contributed by atoms with van der Waals surface area (Å²) < 4.78 is 0. The zero-order chi connectivity index (χ0) is 34.9. The Morgan fingerprint density at radius 1 is 0.226 bits per heavy atom. The summed E-state index contributed by atoms with van der Waals surface area (Å²) in [5, 5.41) is 2.50. The van der Waals surface area contributed by atoms with Gasteiger partial charge in [0.15, 0.2) is 0 Å². The lowest BCUT2D eigenvalue weighted by Crippen LogP contribution is -2.09. The predicted octanol–water partition coefficient (Wildman–Crippen LogP) is 14.6. The van der Waals surface area contributed by atoms with E-state index in [4.69, 9.17) is 0 Å². The van der Waals surface area contributed by atoms with Crippen LogP contribution in [0.2, 0.25) is 0 Å². The van der Waals surface area contributed by atoms with Crippen LogP contribution in [0.1, 0.15) is 0 Å². The molecule has 0 saturated heterocycles. The van der Waals surface area contributed by atoms with Gasteiger partial charge in [0.25, 0.3) is 0 Å². The normalized spacial score (nSPS) is 11.8. The number of fused-ring (bicyclic) bond motifs is 5. The molecular weight excluding hydrogens is 639 g/mol. The van der Waals surface area contributed by atoms with Crippen molar-refractivity contribution in [3.63, 3.8) is 0 Å². The molecule has 0 atom stereocenters. The van der Waals surface area contributed by atoms with Crippen molar-refractivity contribution >= 4 is 27.8 Å². The third-order valence-electron chi connectivity index (χ3n) is 11.1. The summed E-state index contributed by atoms with van der Waals surface area (Å²) in [4.78, 5) is 2.35. The molecular formula is C52H33N. The maximum Gasteiger partial charge on any atom is 0.0467 e. The van der Waals surface area contributed by atoms with Gasteiger partial charge in [-0.05, 0) is 137 Å². The van der Waals surface area contributed by atoms with E-state index in [-0.39, 0.29) is 0 Å². The lowest BCUT2D eigenvalue weighted by atomic mass is 9.83. The van der Waals surface area contributed by atoms with Crippen molar-refractivity contribution in [1.29, 1.82) is 0 Å². The van der Waals surface area contributed by atoms with Crippen LogP contribution < -0.4 is 4.90 Å². The molecule has 9 aromatic rings. The maximum atomic E-state index is 2.42. The highest BCUT2D eigenvalue weighted by Gasteiger charge is 2.30. The maximum absolute atomic E-state index is 2.42. The summed E-state index contributed by atoms with van der Waals surface area (Å²) in [6.07, 6.45) is 0. The Morgan fingerprint density at radius 2 is 0.717 bits per heavy atom. The molecule has 53 heavy (non-hydrogen) atoms. The van der Waals surface area contributed by atoms with Gasteiger partial charge in [-0.2, -0.15) is 0 Å². The number of anilines is 3. The second kappa shape index (κ2) is 11.8. The minimum Gasteiger partial charge on any atom is -0.310 e. The minimum absolute atomic E-state index is 1.12. The van der Waals surface area contributed by atoms with Crippen LogP contribution in [-0.4, -0.2) is 0 Å². The molecule has 9 aromatic carbocycles. The van der Waals surface area contributed by atoms with Crippen LogP contribution >= 0.6 is 0 Å². The fourth-order valence-corrected chi connectivity index (χ4v) is 8.70. The van der Waals surface area contributed by atoms with Gasteiger partial charge in [0, 0.05) is 17.1 Å². The van der Waals surface area contributed by atoms with Gasteiger partial charge in [-0.25, -0.2) is 0 Å². The summed E-state index contributed by atoms with van der Waals surface area (Å²) >= 11 is 0. The van der Waals surface area contributed by atoms with Crippen molar-refractivity contribution in [2.75, 3.05) is 4.90 Å². The third-order valence-corrected chi connectivity index (χ3v) is 11.1. The Balaban J connectivity index is 1.01. The number of benzene rings is 9. The summed E-state index contributed by atoms with van der Waals surface area (Å²) in [6, 6.07) is 73.5. The smallest absolute Gasteiger partial charge is 0.0467 e. The van der Waals surface area contributed by atoms with E-state index in [2.05, 4.69) is 205 Å². The van der Waals surface area contributed by atoms with Crippen molar-refractivity contribution < 1.29 is 0 Å². The van der Waals surface area contributed by atoms with Gasteiger partial charge >= 0.3 is 0 Å². The van der Waals surface area contributed by atoms with Gasteiger partial charge in [0.1, 0.15) is 0 Å². The molecule has 0 radical (unpaired) electrons. The summed E-state index contributed by atoms with van der Waals surface area (Å²) in [5.74, 6) is 0. The fourth-order valence-electron chi connectivity index (χ4n) is 8.70. The van der Waals surface area contributed by atoms with E-state index in [1.54, 1.807) is 0 Å². The molecule has 0 aromatic heterocycles. The Hall–Kier alpha value is -6.96. The molecule has 1 nitrogen and oxygen atoms in total. The van der Waals surface area contributed by atoms with E-state index in [1.807, 2.05) is 0 Å². The van der Waals surface area contributed by atoms with Crippen LogP contribution in [0.25, 0.3) is 88.7 Å². The Bertz CT molecular complexity index is 2860. The molecule has 11 rings (SSSR count). The first-order chi connectivity index (χ1) is 26.3. The largest absolute Gasteiger partial charge is 0.310 e. The van der Waals surface area contributed by atoms with Crippen LogP contribution in [0.15, 0.2) is 200 Å². The molecule has 2 aliphatic carbocycles. The number of nitrogens with zero attached hydrogens (tertiary/aromatic N) is 1. The summed E-state index contributed by atoms with van der Waals surface area (Å²) in [5.41, 5.74) is 21.3. The lowest BCUT2D eigenvalue weighted by Gasteiger charge is -2.26. The monoisotopic (exact) mass is 671 g/mol. The second-order valence-corrected chi connectivity index (χ2v) is 14.1. The van der Waals surface area contributed by atoms with E-state index >= 15 is 0 Å². The molecule has 246 valence electrons. The molecule has 0 heterocycles. The molecule has 0 amide bonds. The zero-order valence-electron chi connectivity index (χ0n) is 29.0. The quantitative estimate of drug-likeness (QED) is 0.176. The van der Waals surface area contributed by atoms with Crippen LogP contribution in [0, 0.1) is 0 Å². The molecule has 0 unspecified atom stereocenters. The molecule has 1 heteroatoms. The molecule has 0 spiro atoms. The Morgan fingerprint density at radius 3 is 1.49 bits per heavy atom. The second-order valence-electron chi connectivity index (χ2n) is 14.1. The number of para-hydroxylation sites is 1. The van der Waals surface area contributed by atoms with Crippen molar-refractivity contribution in [3.8, 4) is 77.9 Å². The number of hydrogen-bond donors (Lipinski definition) is 0. The van der Waals surface area contributed by atoms with Crippen LogP contribution in [-0.2, 0) is 0 Å². The molecule has 0 aliphatic heterocycles. The lowest BCUT2D eigenvalue weighted by molar-refractivity contribution is 1.28. The highest BCUT2D eigenvalue weighted by atomic mass is 15.1. The van der Waals surface area contributed by atoms with E-state index < -0.39 is 0 Å². The molecule has 0 saturated carbocycles. The average Bonchev–Trinajstić information content (AvgIpc) is 3.34. The summed E-state index contributed by atoms with van der Waals surface area (Å²) in [7, 11) is 0. The van der Waals surface area contributed by atoms with Gasteiger partial charge in [-0.3, -0.25) is 0 Å². The molecule has 0 fully saturated rings. The van der Waals surface area contributed by atoms with E-state index in [1.165, 1.54) is 88.7 Å². The van der Waals surface area contributed by atoms with Gasteiger partial charge in [-0.15, -0.1) is 0 Å². The van der Waals surface area contributed by atoms with Crippen molar-refractivity contribution in [1.82, 2.24) is 0 Å². The van der Waals surface area contributed by atoms with Gasteiger partial charge < -0.3 is 4.90 Å². The van der Waals surface area contributed by atoms with Crippen molar-refractivity contribution in [3.05, 3.63) is 200 Å². The standard InChI is InChI=1S/C52H33N/c1-2-14-40(15-3-1)53(42-16-8-13-37(32-42)38-24-23-34-11-4-5-12-36(34)31-38)41-28-25-35(26-29-41)39-27-30-44-47-20-10-21-48-49-22-9-19-46(52(49)50(44)33-39)43-17-6-7-18-45(43)51(47)48/h1-33H. The first-order valence-corrected chi connectivity index (χ1v) is 18.3. The first-order valence-electron chi connectivity index (χ1n) is 18.3. The zero-order valence-corrected chi connectivity index (χ0v) is 29.0. The van der Waals surface area contributed by atoms with Gasteiger partial charge in [-0.1, -0.05) is 152 Å². The van der Waals surface area contributed by atoms with Crippen LogP contribution in [0.5, 0.6) is 0 Å². The van der Waals surface area contributed by atoms with Gasteiger partial charge in [0.2, 0.25) is 0 Å². The van der Waals surface area contributed by atoms with Gasteiger partial charge in [0.05, 0.1) is 0 Å². The first kappa shape index (κ1) is 29.7. The highest BCUT2D eigenvalue weighted by Crippen LogP contribution is 2.57. The minimum atomic E-state index is 1.12. The SMILES string of the molecule is c1ccc(N(c2ccc(-c3ccc4c(c3)-c3c5cccc3-c3cccc-4c3-c3ccccc3-5)cc2)c2cccc(-c3ccc4ccccc4c3)c2)cc1. The predicted molar refractivity (Wildman–Crippen MR) is 224 cm³/mol. The van der Waals surface area contributed by atoms with Crippen molar-refractivity contribution in [2.24, 2.45) is 0 Å². The number of hydrogen-bond acceptors (Lipinski definition) is 1. The third kappa shape index (κ3) is 4.71. The van der Waals surface area contributed by atoms with E-state index in [9.17, 15) is 0 Å². The van der Waals surface area contributed by atoms with Crippen LogP contribution in [0.3, 0.4) is 0 Å². The van der Waals surface area contributed by atoms with Crippen molar-refractivity contribution in [2.45, 2.75) is 0 Å². The highest BCUT2D eigenvalue weighted by molar-refractivity contribution is 6.15. The van der Waals surface area contributed by atoms with Crippen LogP contribution in [0.4, 0.5) is 17.1 Å². The average molecular weight is 672 g/mol. The fraction of sp³-hybridized carbons (Fsp3) is 0. The topological polar surface area (TPSA) is 3.24 Å². The molecule has 2 aliphatic rings. The summed E-state index contributed by atoms with van der Waals surface area (Å²) in [6.45, 7) is 0. The van der Waals surface area contributed by atoms with E-state index in [0.717, 1.165) is 17.1 Å². The molecule has 6 bridgehead atoms. The number of rotatable bonds is 5. The molecule has 0 N–H and O–H groups in total. The Kier molecular flexibility index (Phi) is 6.62. The van der Waals surface area contributed by atoms with E-state index in [0.29, 0.717) is 0 Å². The Labute approximate surface area is 309 Å².